The molecule has 1 aliphatic carbocycles. The number of likely N-dealkylation sites (tertiary alicyclic amines) is 1. The standard InChI is InChI=1S/C22H28N4O3/c1-21(28)14-22(29-18-13-23-25(2)19(18)21)8-10-26(11-9-22)20(27)24-17-12-16(17)15-6-4-3-5-7-15/h3-7,13,16-17,28H,8-12,14H2,1-2H3,(H,24,27)/t16-,17+,21+/m0/s1. The summed E-state index contributed by atoms with van der Waals surface area (Å²) in [7, 11) is 1.82. The largest absolute Gasteiger partial charge is 0.483 e. The van der Waals surface area contributed by atoms with Crippen molar-refractivity contribution < 1.29 is 14.6 Å². The molecule has 2 amide bonds. The number of fused-ring (bicyclic) bond motifs is 1. The quantitative estimate of drug-likeness (QED) is 0.818. The second-order valence-electron chi connectivity index (χ2n) is 9.01. The summed E-state index contributed by atoms with van der Waals surface area (Å²) in [5.74, 6) is 1.09. The van der Waals surface area contributed by atoms with E-state index in [0.717, 1.165) is 12.1 Å². The van der Waals surface area contributed by atoms with E-state index in [1.807, 2.05) is 37.1 Å². The Hall–Kier alpha value is -2.54. The Kier molecular flexibility index (Phi) is 4.13. The van der Waals surface area contributed by atoms with Crippen molar-refractivity contribution in [2.45, 2.75) is 55.8 Å². The number of carbonyl (C=O) groups is 1. The van der Waals surface area contributed by atoms with Crippen LogP contribution in [0.15, 0.2) is 36.5 Å². The van der Waals surface area contributed by atoms with Crippen molar-refractivity contribution >= 4 is 6.03 Å². The molecule has 154 valence electrons. The van der Waals surface area contributed by atoms with Gasteiger partial charge < -0.3 is 20.1 Å². The monoisotopic (exact) mass is 396 g/mol. The molecule has 1 aromatic carbocycles. The molecule has 2 aliphatic heterocycles. The van der Waals surface area contributed by atoms with Crippen LogP contribution in [-0.4, -0.2) is 50.6 Å². The molecule has 1 saturated carbocycles. The number of piperidine rings is 1. The average molecular weight is 396 g/mol. The summed E-state index contributed by atoms with van der Waals surface area (Å²) in [6.07, 6.45) is 4.61. The molecule has 7 nitrogen and oxygen atoms in total. The van der Waals surface area contributed by atoms with Crippen molar-refractivity contribution in [2.24, 2.45) is 7.05 Å². The third-order valence-electron chi connectivity index (χ3n) is 6.70. The lowest BCUT2D eigenvalue weighted by Crippen LogP contribution is -2.56. The number of carbonyl (C=O) groups excluding carboxylic acids is 1. The van der Waals surface area contributed by atoms with E-state index >= 15 is 0 Å². The normalized spacial score (nSPS) is 29.8. The third-order valence-corrected chi connectivity index (χ3v) is 6.70. The highest BCUT2D eigenvalue weighted by molar-refractivity contribution is 5.75. The van der Waals surface area contributed by atoms with E-state index in [0.29, 0.717) is 44.0 Å². The molecule has 0 bridgehead atoms. The summed E-state index contributed by atoms with van der Waals surface area (Å²) in [5, 5.41) is 18.4. The van der Waals surface area contributed by atoms with E-state index in [2.05, 4.69) is 22.5 Å². The zero-order valence-electron chi connectivity index (χ0n) is 17.0. The lowest BCUT2D eigenvalue weighted by Gasteiger charge is -2.47. The Balaban J connectivity index is 1.20. The smallest absolute Gasteiger partial charge is 0.317 e. The Morgan fingerprint density at radius 1 is 1.28 bits per heavy atom. The molecule has 3 heterocycles. The van der Waals surface area contributed by atoms with Gasteiger partial charge in [0.15, 0.2) is 5.75 Å². The molecule has 1 aromatic heterocycles. The van der Waals surface area contributed by atoms with Crippen LogP contribution in [0.25, 0.3) is 0 Å². The number of urea groups is 1. The van der Waals surface area contributed by atoms with Crippen LogP contribution in [0.5, 0.6) is 5.75 Å². The number of nitrogens with zero attached hydrogens (tertiary/aromatic N) is 3. The second kappa shape index (κ2) is 6.49. The number of benzene rings is 1. The minimum atomic E-state index is -0.986. The fourth-order valence-corrected chi connectivity index (χ4v) is 5.16. The number of amides is 2. The van der Waals surface area contributed by atoms with Crippen LogP contribution in [0.1, 0.15) is 49.8 Å². The maximum Gasteiger partial charge on any atom is 0.317 e. The fourth-order valence-electron chi connectivity index (χ4n) is 5.16. The number of nitrogens with one attached hydrogen (secondary N) is 1. The Labute approximate surface area is 170 Å². The van der Waals surface area contributed by atoms with Crippen molar-refractivity contribution in [1.29, 1.82) is 0 Å². The van der Waals surface area contributed by atoms with Gasteiger partial charge in [0.25, 0.3) is 0 Å². The lowest BCUT2D eigenvalue weighted by molar-refractivity contribution is -0.0937. The number of hydrogen-bond donors (Lipinski definition) is 2. The van der Waals surface area contributed by atoms with Crippen LogP contribution in [0.4, 0.5) is 4.79 Å². The van der Waals surface area contributed by atoms with Crippen LogP contribution in [-0.2, 0) is 12.6 Å². The van der Waals surface area contributed by atoms with Crippen LogP contribution in [0, 0.1) is 0 Å². The molecule has 3 aliphatic rings. The summed E-state index contributed by atoms with van der Waals surface area (Å²) in [6.45, 7) is 3.08. The van der Waals surface area contributed by atoms with Gasteiger partial charge in [0.05, 0.1) is 6.20 Å². The number of hydrogen-bond acceptors (Lipinski definition) is 4. The van der Waals surface area contributed by atoms with Crippen molar-refractivity contribution in [1.82, 2.24) is 20.0 Å². The molecule has 2 aromatic rings. The van der Waals surface area contributed by atoms with Gasteiger partial charge >= 0.3 is 6.03 Å². The van der Waals surface area contributed by atoms with Gasteiger partial charge in [-0.15, -0.1) is 0 Å². The van der Waals surface area contributed by atoms with Crippen LogP contribution < -0.4 is 10.1 Å². The van der Waals surface area contributed by atoms with Crippen LogP contribution >= 0.6 is 0 Å². The summed E-state index contributed by atoms with van der Waals surface area (Å²) in [6, 6.07) is 10.6. The molecule has 5 rings (SSSR count). The van der Waals surface area contributed by atoms with Gasteiger partial charge in [-0.1, -0.05) is 30.3 Å². The predicted octanol–water partition coefficient (Wildman–Crippen LogP) is 2.51. The van der Waals surface area contributed by atoms with E-state index in [1.165, 1.54) is 5.56 Å². The molecule has 2 N–H and O–H groups in total. The number of aryl methyl sites for hydroxylation is 1. The first-order chi connectivity index (χ1) is 13.9. The SMILES string of the molecule is Cn1ncc2c1[C@](C)(O)CC1(CCN(C(=O)N[C@@H]3C[C@H]3c3ccccc3)CC1)O2. The predicted molar refractivity (Wildman–Crippen MR) is 108 cm³/mol. The summed E-state index contributed by atoms with van der Waals surface area (Å²) in [5.41, 5.74) is 0.590. The topological polar surface area (TPSA) is 79.6 Å². The molecule has 0 radical (unpaired) electrons. The molecular weight excluding hydrogens is 368 g/mol. The van der Waals surface area contributed by atoms with Gasteiger partial charge in [-0.25, -0.2) is 4.79 Å². The first-order valence-corrected chi connectivity index (χ1v) is 10.4. The fraction of sp³-hybridized carbons (Fsp3) is 0.545. The first kappa shape index (κ1) is 18.5. The van der Waals surface area contributed by atoms with E-state index in [4.69, 9.17) is 4.74 Å². The average Bonchev–Trinajstić information content (AvgIpc) is 3.35. The second-order valence-corrected chi connectivity index (χ2v) is 9.01. The number of rotatable bonds is 2. The maximum atomic E-state index is 12.7. The summed E-state index contributed by atoms with van der Waals surface area (Å²) >= 11 is 0. The highest BCUT2D eigenvalue weighted by atomic mass is 16.5. The third kappa shape index (κ3) is 3.27. The number of aliphatic hydroxyl groups is 1. The van der Waals surface area contributed by atoms with Gasteiger partial charge in [-0.3, -0.25) is 4.68 Å². The van der Waals surface area contributed by atoms with Crippen molar-refractivity contribution in [3.63, 3.8) is 0 Å². The van der Waals surface area contributed by atoms with Gasteiger partial charge in [-0.2, -0.15) is 5.10 Å². The molecule has 29 heavy (non-hydrogen) atoms. The van der Waals surface area contributed by atoms with Gasteiger partial charge in [-0.05, 0) is 18.9 Å². The molecule has 2 fully saturated rings. The first-order valence-electron chi connectivity index (χ1n) is 10.4. The van der Waals surface area contributed by atoms with Gasteiger partial charge in [0.1, 0.15) is 16.9 Å². The molecule has 3 atom stereocenters. The minimum Gasteiger partial charge on any atom is -0.483 e. The summed E-state index contributed by atoms with van der Waals surface area (Å²) in [4.78, 5) is 14.6. The van der Waals surface area contributed by atoms with Gasteiger partial charge in [0.2, 0.25) is 0 Å². The number of aromatic nitrogens is 2. The number of ether oxygens (including phenoxy) is 1. The van der Waals surface area contributed by atoms with Crippen molar-refractivity contribution in [3.05, 3.63) is 47.8 Å². The Morgan fingerprint density at radius 2 is 2.00 bits per heavy atom. The van der Waals surface area contributed by atoms with E-state index in [-0.39, 0.29) is 12.1 Å². The Bertz CT molecular complexity index is 915. The van der Waals surface area contributed by atoms with Crippen LogP contribution in [0.3, 0.4) is 0 Å². The molecule has 1 spiro atoms. The maximum absolute atomic E-state index is 12.7. The zero-order valence-corrected chi connectivity index (χ0v) is 17.0. The molecular formula is C22H28N4O3. The van der Waals surface area contributed by atoms with Crippen LogP contribution in [0.2, 0.25) is 0 Å². The highest BCUT2D eigenvalue weighted by Crippen LogP contribution is 2.47. The van der Waals surface area contributed by atoms with Gasteiger partial charge in [0, 0.05) is 51.4 Å². The van der Waals surface area contributed by atoms with E-state index < -0.39 is 11.2 Å². The molecule has 7 heteroatoms. The van der Waals surface area contributed by atoms with Crippen molar-refractivity contribution in [3.8, 4) is 5.75 Å². The highest BCUT2D eigenvalue weighted by Gasteiger charge is 2.50. The van der Waals surface area contributed by atoms with E-state index in [1.54, 1.807) is 10.9 Å². The summed E-state index contributed by atoms with van der Waals surface area (Å²) < 4.78 is 8.00. The lowest BCUT2D eigenvalue weighted by atomic mass is 9.77. The van der Waals surface area contributed by atoms with E-state index in [9.17, 15) is 9.90 Å². The molecule has 0 unspecified atom stereocenters. The van der Waals surface area contributed by atoms with Crippen molar-refractivity contribution in [2.75, 3.05) is 13.1 Å². The minimum absolute atomic E-state index is 0.00733. The zero-order chi connectivity index (χ0) is 20.2. The Morgan fingerprint density at radius 3 is 2.72 bits per heavy atom. The molecule has 1 saturated heterocycles.